The monoisotopic (exact) mass is 301 g/mol. The zero-order valence-corrected chi connectivity index (χ0v) is 13.1. The number of sulfonamides is 1. The molecule has 5 nitrogen and oxygen atoms in total. The molecular formula is C14H23NO4S. The van der Waals surface area contributed by atoms with Crippen LogP contribution >= 0.6 is 0 Å². The first kappa shape index (κ1) is 16.9. The second-order valence-corrected chi connectivity index (χ2v) is 6.33. The number of hydrogen-bond donors (Lipinski definition) is 1. The predicted octanol–water partition coefficient (Wildman–Crippen LogP) is 1.96. The van der Waals surface area contributed by atoms with E-state index >= 15 is 0 Å². The third-order valence-corrected chi connectivity index (χ3v) is 4.14. The summed E-state index contributed by atoms with van der Waals surface area (Å²) in [6.45, 7) is 4.92. The van der Waals surface area contributed by atoms with Crippen molar-refractivity contribution in [3.63, 3.8) is 0 Å². The van der Waals surface area contributed by atoms with Gasteiger partial charge in [0.15, 0.2) is 0 Å². The highest BCUT2D eigenvalue weighted by Crippen LogP contribution is 2.22. The number of benzene rings is 1. The van der Waals surface area contributed by atoms with E-state index in [1.807, 2.05) is 32.0 Å². The number of anilines is 1. The third-order valence-electron chi connectivity index (χ3n) is 2.93. The van der Waals surface area contributed by atoms with E-state index in [2.05, 4.69) is 4.72 Å². The van der Waals surface area contributed by atoms with Gasteiger partial charge in [0, 0.05) is 7.11 Å². The SMILES string of the molecule is CCc1cccc(C)c1NS(=O)(=O)CCOCCOC. The van der Waals surface area contributed by atoms with E-state index in [1.54, 1.807) is 7.11 Å². The summed E-state index contributed by atoms with van der Waals surface area (Å²) in [5, 5.41) is 0. The van der Waals surface area contributed by atoms with Gasteiger partial charge in [-0.25, -0.2) is 8.42 Å². The summed E-state index contributed by atoms with van der Waals surface area (Å²) in [6.07, 6.45) is 0.782. The molecule has 20 heavy (non-hydrogen) atoms. The van der Waals surface area contributed by atoms with Crippen LogP contribution in [-0.4, -0.2) is 41.1 Å². The molecule has 0 bridgehead atoms. The molecule has 0 aromatic heterocycles. The summed E-state index contributed by atoms with van der Waals surface area (Å²) in [5.74, 6) is -0.0613. The lowest BCUT2D eigenvalue weighted by Gasteiger charge is -2.14. The fourth-order valence-corrected chi connectivity index (χ4v) is 2.83. The first-order valence-corrected chi connectivity index (χ1v) is 8.31. The molecule has 0 fully saturated rings. The van der Waals surface area contributed by atoms with Gasteiger partial charge < -0.3 is 9.47 Å². The molecule has 0 aliphatic rings. The second-order valence-electron chi connectivity index (χ2n) is 4.49. The maximum absolute atomic E-state index is 12.0. The van der Waals surface area contributed by atoms with Crippen LogP contribution in [0.5, 0.6) is 0 Å². The lowest BCUT2D eigenvalue weighted by Crippen LogP contribution is -2.22. The van der Waals surface area contributed by atoms with Crippen molar-refractivity contribution >= 4 is 15.7 Å². The Balaban J connectivity index is 2.62. The molecule has 1 aromatic carbocycles. The van der Waals surface area contributed by atoms with E-state index in [0.29, 0.717) is 18.9 Å². The van der Waals surface area contributed by atoms with Gasteiger partial charge in [0.1, 0.15) is 0 Å². The van der Waals surface area contributed by atoms with Crippen molar-refractivity contribution in [1.82, 2.24) is 0 Å². The highest BCUT2D eigenvalue weighted by molar-refractivity contribution is 7.92. The number of hydrogen-bond acceptors (Lipinski definition) is 4. The van der Waals surface area contributed by atoms with E-state index in [-0.39, 0.29) is 12.4 Å². The maximum Gasteiger partial charge on any atom is 0.235 e. The molecule has 0 spiro atoms. The van der Waals surface area contributed by atoms with Crippen LogP contribution in [0.25, 0.3) is 0 Å². The van der Waals surface area contributed by atoms with E-state index in [4.69, 9.17) is 9.47 Å². The minimum Gasteiger partial charge on any atom is -0.382 e. The van der Waals surface area contributed by atoms with Crippen molar-refractivity contribution in [3.05, 3.63) is 29.3 Å². The molecule has 0 aliphatic carbocycles. The zero-order valence-electron chi connectivity index (χ0n) is 12.3. The van der Waals surface area contributed by atoms with Gasteiger partial charge >= 0.3 is 0 Å². The smallest absolute Gasteiger partial charge is 0.235 e. The average Bonchev–Trinajstić information content (AvgIpc) is 2.40. The maximum atomic E-state index is 12.0. The molecule has 1 aromatic rings. The number of aryl methyl sites for hydroxylation is 2. The molecule has 1 rings (SSSR count). The molecule has 0 radical (unpaired) electrons. The quantitative estimate of drug-likeness (QED) is 0.708. The Bertz CT molecular complexity index is 514. The fourth-order valence-electron chi connectivity index (χ4n) is 1.79. The van der Waals surface area contributed by atoms with Gasteiger partial charge in [-0.3, -0.25) is 4.72 Å². The highest BCUT2D eigenvalue weighted by Gasteiger charge is 2.14. The minimum absolute atomic E-state index is 0.0613. The summed E-state index contributed by atoms with van der Waals surface area (Å²) >= 11 is 0. The van der Waals surface area contributed by atoms with Gasteiger partial charge in [-0.2, -0.15) is 0 Å². The first-order valence-electron chi connectivity index (χ1n) is 6.66. The van der Waals surface area contributed by atoms with Crippen molar-refractivity contribution in [1.29, 1.82) is 0 Å². The number of ether oxygens (including phenoxy) is 2. The van der Waals surface area contributed by atoms with Gasteiger partial charge in [-0.1, -0.05) is 25.1 Å². The van der Waals surface area contributed by atoms with Crippen LogP contribution in [0.2, 0.25) is 0 Å². The molecule has 0 saturated carbocycles. The molecule has 6 heteroatoms. The van der Waals surface area contributed by atoms with Crippen LogP contribution in [0.15, 0.2) is 18.2 Å². The minimum atomic E-state index is -3.39. The standard InChI is InChI=1S/C14H23NO4S/c1-4-13-7-5-6-12(2)14(13)15-20(16,17)11-10-19-9-8-18-3/h5-7,15H,4,8-11H2,1-3H3. The molecule has 0 unspecified atom stereocenters. The van der Waals surface area contributed by atoms with Crippen LogP contribution in [0.3, 0.4) is 0 Å². The van der Waals surface area contributed by atoms with E-state index in [9.17, 15) is 8.42 Å². The zero-order chi connectivity index (χ0) is 15.0. The van der Waals surface area contributed by atoms with Crippen LogP contribution in [0, 0.1) is 6.92 Å². The van der Waals surface area contributed by atoms with Crippen molar-refractivity contribution in [2.45, 2.75) is 20.3 Å². The number of para-hydroxylation sites is 1. The van der Waals surface area contributed by atoms with Crippen LogP contribution in [0.1, 0.15) is 18.1 Å². The average molecular weight is 301 g/mol. The van der Waals surface area contributed by atoms with Gasteiger partial charge in [-0.05, 0) is 24.5 Å². The molecule has 0 amide bonds. The van der Waals surface area contributed by atoms with Crippen molar-refractivity contribution in [2.75, 3.05) is 37.4 Å². The van der Waals surface area contributed by atoms with Crippen molar-refractivity contribution in [2.24, 2.45) is 0 Å². The summed E-state index contributed by atoms with van der Waals surface area (Å²) in [5.41, 5.74) is 2.61. The Morgan fingerprint density at radius 1 is 1.20 bits per heavy atom. The van der Waals surface area contributed by atoms with Crippen LogP contribution < -0.4 is 4.72 Å². The molecule has 0 saturated heterocycles. The Morgan fingerprint density at radius 2 is 1.95 bits per heavy atom. The Hall–Kier alpha value is -1.11. The molecular weight excluding hydrogens is 278 g/mol. The largest absolute Gasteiger partial charge is 0.382 e. The van der Waals surface area contributed by atoms with E-state index < -0.39 is 10.0 Å². The number of rotatable bonds is 9. The van der Waals surface area contributed by atoms with Crippen LogP contribution in [-0.2, 0) is 25.9 Å². The molecule has 0 aliphatic heterocycles. The fraction of sp³-hybridized carbons (Fsp3) is 0.571. The Kier molecular flexibility index (Phi) is 6.98. The van der Waals surface area contributed by atoms with Crippen LogP contribution in [0.4, 0.5) is 5.69 Å². The molecule has 114 valence electrons. The van der Waals surface area contributed by atoms with E-state index in [1.165, 1.54) is 0 Å². The first-order chi connectivity index (χ1) is 9.50. The topological polar surface area (TPSA) is 64.6 Å². The number of methoxy groups -OCH3 is 1. The molecule has 0 atom stereocenters. The lowest BCUT2D eigenvalue weighted by atomic mass is 10.1. The normalized spacial score (nSPS) is 11.6. The van der Waals surface area contributed by atoms with E-state index in [0.717, 1.165) is 17.5 Å². The summed E-state index contributed by atoms with van der Waals surface area (Å²) < 4.78 is 36.7. The highest BCUT2D eigenvalue weighted by atomic mass is 32.2. The Labute approximate surface area is 121 Å². The third kappa shape index (κ3) is 5.48. The van der Waals surface area contributed by atoms with Gasteiger partial charge in [0.25, 0.3) is 0 Å². The van der Waals surface area contributed by atoms with Gasteiger partial charge in [-0.15, -0.1) is 0 Å². The van der Waals surface area contributed by atoms with Gasteiger partial charge in [0.05, 0.1) is 31.3 Å². The summed E-state index contributed by atoms with van der Waals surface area (Å²) in [7, 11) is -1.82. The summed E-state index contributed by atoms with van der Waals surface area (Å²) in [6, 6.07) is 5.76. The van der Waals surface area contributed by atoms with Gasteiger partial charge in [0.2, 0.25) is 10.0 Å². The van der Waals surface area contributed by atoms with Crippen molar-refractivity contribution in [3.8, 4) is 0 Å². The summed E-state index contributed by atoms with van der Waals surface area (Å²) in [4.78, 5) is 0. The number of nitrogens with one attached hydrogen (secondary N) is 1. The second kappa shape index (κ2) is 8.24. The van der Waals surface area contributed by atoms with Crippen molar-refractivity contribution < 1.29 is 17.9 Å². The predicted molar refractivity (Wildman–Crippen MR) is 80.7 cm³/mol. The lowest BCUT2D eigenvalue weighted by molar-refractivity contribution is 0.0785. The molecule has 0 heterocycles. The molecule has 1 N–H and O–H groups in total. The Morgan fingerprint density at radius 3 is 2.60 bits per heavy atom.